The van der Waals surface area contributed by atoms with Crippen LogP contribution in [-0.4, -0.2) is 21.3 Å². The molecule has 0 aliphatic rings. The third kappa shape index (κ3) is 1.90. The lowest BCUT2D eigenvalue weighted by Crippen LogP contribution is -1.97. The first-order chi connectivity index (χ1) is 6.76. The van der Waals surface area contributed by atoms with Crippen molar-refractivity contribution in [3.05, 3.63) is 17.7 Å². The highest BCUT2D eigenvalue weighted by Crippen LogP contribution is 2.34. The van der Waals surface area contributed by atoms with Gasteiger partial charge >= 0.3 is 0 Å². The maximum Gasteiger partial charge on any atom is 0.164 e. The fourth-order valence-corrected chi connectivity index (χ4v) is 1.23. The van der Waals surface area contributed by atoms with Crippen LogP contribution in [0.1, 0.15) is 5.56 Å². The van der Waals surface area contributed by atoms with Crippen LogP contribution in [0.15, 0.2) is 12.1 Å². The van der Waals surface area contributed by atoms with Crippen molar-refractivity contribution in [1.82, 2.24) is 5.73 Å². The number of nitrogens with one attached hydrogen (secondary N) is 1. The minimum atomic E-state index is 0.156. The Labute approximate surface area is 83.6 Å². The Bertz CT molecular complexity index is 254. The maximum atomic E-state index is 7.31. The molecule has 0 spiro atoms. The van der Waals surface area contributed by atoms with Crippen LogP contribution in [0.25, 0.3) is 0 Å². The summed E-state index contributed by atoms with van der Waals surface area (Å²) in [4.78, 5) is 0. The molecule has 1 radical (unpaired) electrons. The molecule has 1 aromatic rings. The van der Waals surface area contributed by atoms with Gasteiger partial charge in [-0.05, 0) is 6.07 Å². The number of methoxy groups -OCH3 is 3. The summed E-state index contributed by atoms with van der Waals surface area (Å²) in [6.45, 7) is 0.156. The monoisotopic (exact) mass is 196 g/mol. The summed E-state index contributed by atoms with van der Waals surface area (Å²) < 4.78 is 15.3. The minimum Gasteiger partial charge on any atom is -0.496 e. The van der Waals surface area contributed by atoms with E-state index in [1.807, 2.05) is 0 Å². The molecule has 4 heteroatoms. The molecule has 0 atom stereocenters. The van der Waals surface area contributed by atoms with Crippen molar-refractivity contribution in [2.45, 2.75) is 6.54 Å². The lowest BCUT2D eigenvalue weighted by Gasteiger charge is -2.12. The van der Waals surface area contributed by atoms with E-state index in [-0.39, 0.29) is 6.54 Å². The van der Waals surface area contributed by atoms with Crippen LogP contribution in [0, 0.1) is 0 Å². The SMILES string of the molecule is COc1cc(OC)c(OC)cc1C[NH]. The highest BCUT2D eigenvalue weighted by atomic mass is 16.5. The minimum absolute atomic E-state index is 0.156. The van der Waals surface area contributed by atoms with E-state index < -0.39 is 0 Å². The van der Waals surface area contributed by atoms with Crippen molar-refractivity contribution in [3.63, 3.8) is 0 Å². The smallest absolute Gasteiger partial charge is 0.164 e. The molecule has 0 fully saturated rings. The second-order valence-corrected chi connectivity index (χ2v) is 2.70. The molecule has 1 N–H and O–H groups in total. The van der Waals surface area contributed by atoms with E-state index in [4.69, 9.17) is 19.9 Å². The summed E-state index contributed by atoms with van der Waals surface area (Å²) in [5.74, 6) is 1.88. The van der Waals surface area contributed by atoms with Crippen LogP contribution >= 0.6 is 0 Å². The Morgan fingerprint density at radius 1 is 0.929 bits per heavy atom. The van der Waals surface area contributed by atoms with E-state index in [2.05, 4.69) is 0 Å². The molecule has 0 aromatic heterocycles. The normalized spacial score (nSPS) is 9.71. The van der Waals surface area contributed by atoms with Gasteiger partial charge in [-0.2, -0.15) is 0 Å². The Morgan fingerprint density at radius 2 is 1.43 bits per heavy atom. The van der Waals surface area contributed by atoms with Gasteiger partial charge in [-0.25, -0.2) is 0 Å². The van der Waals surface area contributed by atoms with Gasteiger partial charge < -0.3 is 14.2 Å². The molecular formula is C10H14NO3. The molecular weight excluding hydrogens is 182 g/mol. The summed E-state index contributed by atoms with van der Waals surface area (Å²) in [7, 11) is 4.70. The van der Waals surface area contributed by atoms with Crippen molar-refractivity contribution < 1.29 is 14.2 Å². The summed E-state index contributed by atoms with van der Waals surface area (Å²) in [6, 6.07) is 3.48. The first-order valence-electron chi connectivity index (χ1n) is 4.20. The molecule has 0 heterocycles. The summed E-state index contributed by atoms with van der Waals surface area (Å²) in [6.07, 6.45) is 0. The second kappa shape index (κ2) is 4.72. The van der Waals surface area contributed by atoms with Gasteiger partial charge in [0.25, 0.3) is 0 Å². The lowest BCUT2D eigenvalue weighted by atomic mass is 10.1. The quantitative estimate of drug-likeness (QED) is 0.733. The van der Waals surface area contributed by atoms with Crippen molar-refractivity contribution in [2.75, 3.05) is 21.3 Å². The Hall–Kier alpha value is -1.42. The molecule has 0 bridgehead atoms. The molecule has 1 rings (SSSR count). The van der Waals surface area contributed by atoms with E-state index in [0.29, 0.717) is 17.2 Å². The predicted molar refractivity (Wildman–Crippen MR) is 52.9 cm³/mol. The fourth-order valence-electron chi connectivity index (χ4n) is 1.23. The van der Waals surface area contributed by atoms with Crippen LogP contribution in [0.2, 0.25) is 0 Å². The van der Waals surface area contributed by atoms with Gasteiger partial charge in [0.05, 0.1) is 21.3 Å². The fraction of sp³-hybridized carbons (Fsp3) is 0.400. The average molecular weight is 196 g/mol. The zero-order valence-corrected chi connectivity index (χ0v) is 8.59. The molecule has 0 saturated heterocycles. The van der Waals surface area contributed by atoms with E-state index in [9.17, 15) is 0 Å². The zero-order chi connectivity index (χ0) is 10.6. The third-order valence-electron chi connectivity index (χ3n) is 1.98. The summed E-state index contributed by atoms with van der Waals surface area (Å²) >= 11 is 0. The maximum absolute atomic E-state index is 7.31. The van der Waals surface area contributed by atoms with Gasteiger partial charge in [-0.15, -0.1) is 0 Å². The molecule has 0 amide bonds. The van der Waals surface area contributed by atoms with Crippen LogP contribution in [0.4, 0.5) is 0 Å². The number of rotatable bonds is 4. The van der Waals surface area contributed by atoms with Crippen molar-refractivity contribution in [1.29, 1.82) is 0 Å². The van der Waals surface area contributed by atoms with Crippen LogP contribution in [0.3, 0.4) is 0 Å². The van der Waals surface area contributed by atoms with E-state index in [1.54, 1.807) is 33.5 Å². The highest BCUT2D eigenvalue weighted by Gasteiger charge is 2.10. The standard InChI is InChI=1S/C10H14NO3/c1-12-8-5-10(14-3)9(13-2)4-7(8)6-11/h4-5,11H,6H2,1-3H3. The van der Waals surface area contributed by atoms with E-state index in [1.165, 1.54) is 0 Å². The third-order valence-corrected chi connectivity index (χ3v) is 1.98. The summed E-state index contributed by atoms with van der Waals surface area (Å²) in [5, 5.41) is 0. The zero-order valence-electron chi connectivity index (χ0n) is 8.59. The first kappa shape index (κ1) is 10.7. The molecule has 0 aliphatic heterocycles. The Morgan fingerprint density at radius 3 is 1.86 bits per heavy atom. The summed E-state index contributed by atoms with van der Waals surface area (Å²) in [5.41, 5.74) is 8.09. The van der Waals surface area contributed by atoms with Crippen LogP contribution in [0.5, 0.6) is 17.2 Å². The average Bonchev–Trinajstić information content (AvgIpc) is 2.26. The van der Waals surface area contributed by atoms with Gasteiger partial charge in [-0.3, -0.25) is 5.73 Å². The van der Waals surface area contributed by atoms with Crippen molar-refractivity contribution >= 4 is 0 Å². The Kier molecular flexibility index (Phi) is 3.59. The number of benzene rings is 1. The second-order valence-electron chi connectivity index (χ2n) is 2.70. The van der Waals surface area contributed by atoms with Gasteiger partial charge in [0.15, 0.2) is 11.5 Å². The topological polar surface area (TPSA) is 51.5 Å². The van der Waals surface area contributed by atoms with Crippen LogP contribution < -0.4 is 19.9 Å². The molecule has 1 aromatic carbocycles. The lowest BCUT2D eigenvalue weighted by molar-refractivity contribution is 0.347. The Balaban J connectivity index is 3.20. The van der Waals surface area contributed by atoms with Crippen LogP contribution in [-0.2, 0) is 6.54 Å². The molecule has 0 aliphatic carbocycles. The largest absolute Gasteiger partial charge is 0.496 e. The molecule has 0 unspecified atom stereocenters. The van der Waals surface area contributed by atoms with Gasteiger partial charge in [-0.1, -0.05) is 0 Å². The van der Waals surface area contributed by atoms with Gasteiger partial charge in [0.2, 0.25) is 0 Å². The van der Waals surface area contributed by atoms with Gasteiger partial charge in [0.1, 0.15) is 5.75 Å². The predicted octanol–water partition coefficient (Wildman–Crippen LogP) is 1.50. The van der Waals surface area contributed by atoms with Crippen molar-refractivity contribution in [3.8, 4) is 17.2 Å². The first-order valence-corrected chi connectivity index (χ1v) is 4.20. The number of hydrogen-bond donors (Lipinski definition) is 0. The molecule has 77 valence electrons. The molecule has 14 heavy (non-hydrogen) atoms. The van der Waals surface area contributed by atoms with Crippen molar-refractivity contribution in [2.24, 2.45) is 0 Å². The molecule has 0 saturated carbocycles. The number of hydrogen-bond acceptors (Lipinski definition) is 3. The highest BCUT2D eigenvalue weighted by molar-refractivity contribution is 5.50. The molecule has 4 nitrogen and oxygen atoms in total. The van der Waals surface area contributed by atoms with E-state index in [0.717, 1.165) is 5.56 Å². The number of ether oxygens (including phenoxy) is 3. The van der Waals surface area contributed by atoms with Gasteiger partial charge in [0, 0.05) is 18.2 Å². The van der Waals surface area contributed by atoms with E-state index >= 15 is 0 Å².